The van der Waals surface area contributed by atoms with Crippen molar-refractivity contribution in [3.05, 3.63) is 87.8 Å². The van der Waals surface area contributed by atoms with E-state index >= 15 is 0 Å². The van der Waals surface area contributed by atoms with Gasteiger partial charge in [0.15, 0.2) is 11.5 Å². The Morgan fingerprint density at radius 2 is 1.44 bits per heavy atom. The summed E-state index contributed by atoms with van der Waals surface area (Å²) in [4.78, 5) is 20.2. The Bertz CT molecular complexity index is 1560. The van der Waals surface area contributed by atoms with Crippen LogP contribution < -0.4 is 16.8 Å². The van der Waals surface area contributed by atoms with Crippen LogP contribution in [0.3, 0.4) is 0 Å². The van der Waals surface area contributed by atoms with E-state index in [1.807, 2.05) is 24.3 Å². The van der Waals surface area contributed by atoms with E-state index in [0.29, 0.717) is 35.7 Å². The number of hydrogen-bond donors (Lipinski definition) is 5. The number of anilines is 1. The molecular weight excluding hydrogens is 585 g/mol. The molecule has 224 valence electrons. The van der Waals surface area contributed by atoms with E-state index in [1.54, 1.807) is 24.3 Å². The summed E-state index contributed by atoms with van der Waals surface area (Å²) in [5.41, 5.74) is 11.1. The molecule has 2 aliphatic carbocycles. The van der Waals surface area contributed by atoms with Crippen LogP contribution in [0, 0.1) is 23.7 Å². The minimum Gasteiger partial charge on any atom is -0.382 e. The number of benzene rings is 2. The first-order chi connectivity index (χ1) is 20.5. The van der Waals surface area contributed by atoms with Crippen LogP contribution in [0.25, 0.3) is 0 Å². The van der Waals surface area contributed by atoms with Crippen LogP contribution in [0.1, 0.15) is 73.0 Å². The quantitative estimate of drug-likeness (QED) is 0.265. The number of aliphatic hydroxyl groups is 2. The van der Waals surface area contributed by atoms with Gasteiger partial charge in [-0.1, -0.05) is 59.0 Å². The number of nitrogens with one attached hydrogen (secondary N) is 1. The Labute approximate surface area is 262 Å². The fraction of sp³-hybridized carbons (Fsp3) is 0.364. The number of hydrogen-bond acceptors (Lipinski definition) is 7. The first-order valence-electron chi connectivity index (χ1n) is 14.2. The lowest BCUT2D eigenvalue weighted by Gasteiger charge is -2.33. The first kappa shape index (κ1) is 32.3. The molecule has 2 fully saturated rings. The van der Waals surface area contributed by atoms with Crippen LogP contribution in [0.2, 0.25) is 10.0 Å². The monoisotopic (exact) mass is 619 g/mol. The molecule has 0 radical (unpaired) electrons. The topological polar surface area (TPSA) is 147 Å². The second-order valence-electron chi connectivity index (χ2n) is 11.0. The van der Waals surface area contributed by atoms with Crippen LogP contribution in [0.4, 0.5) is 5.82 Å². The van der Waals surface area contributed by atoms with E-state index in [0.717, 1.165) is 36.8 Å². The fourth-order valence-corrected chi connectivity index (χ4v) is 5.57. The predicted octanol–water partition coefficient (Wildman–Crippen LogP) is 4.49. The molecule has 4 atom stereocenters. The van der Waals surface area contributed by atoms with Gasteiger partial charge in [-0.3, -0.25) is 4.79 Å². The normalized spacial score (nSPS) is 24.6. The van der Waals surface area contributed by atoms with Gasteiger partial charge in [-0.05, 0) is 74.9 Å². The van der Waals surface area contributed by atoms with Gasteiger partial charge in [0.2, 0.25) is 0 Å². The van der Waals surface area contributed by atoms with E-state index in [1.165, 1.54) is 12.4 Å². The third-order valence-electron chi connectivity index (χ3n) is 7.30. The minimum atomic E-state index is -1.16. The van der Waals surface area contributed by atoms with Crippen LogP contribution in [-0.4, -0.2) is 49.4 Å². The van der Waals surface area contributed by atoms with Gasteiger partial charge in [0.05, 0.1) is 0 Å². The van der Waals surface area contributed by atoms with Gasteiger partial charge in [0, 0.05) is 58.5 Å². The second-order valence-corrected chi connectivity index (χ2v) is 11.9. The summed E-state index contributed by atoms with van der Waals surface area (Å²) >= 11 is 11.8. The molecule has 0 unspecified atom stereocenters. The lowest BCUT2D eigenvalue weighted by Crippen LogP contribution is -2.45. The van der Waals surface area contributed by atoms with Gasteiger partial charge in [-0.2, -0.15) is 0 Å². The number of rotatable bonds is 2. The van der Waals surface area contributed by atoms with Crippen LogP contribution >= 0.6 is 23.2 Å². The Hall–Kier alpha value is -3.63. The molecule has 2 aliphatic rings. The average Bonchev–Trinajstić information content (AvgIpc) is 2.96. The molecular formula is C33H35Cl2N5O3. The summed E-state index contributed by atoms with van der Waals surface area (Å²) in [5, 5.41) is 25.2. The number of carbonyl (C=O) groups excluding carboxylic acids is 1. The van der Waals surface area contributed by atoms with Crippen molar-refractivity contribution in [1.82, 2.24) is 15.3 Å². The van der Waals surface area contributed by atoms with E-state index < -0.39 is 17.1 Å². The zero-order valence-electron chi connectivity index (χ0n) is 23.7. The molecule has 3 aromatic rings. The number of aromatic nitrogens is 2. The Balaban J connectivity index is 0.000000215. The lowest BCUT2D eigenvalue weighted by molar-refractivity contribution is 0.0451. The maximum atomic E-state index is 12.3. The van der Waals surface area contributed by atoms with Crippen LogP contribution in [0.15, 0.2) is 60.9 Å². The first-order valence-corrected chi connectivity index (χ1v) is 14.9. The molecule has 1 heterocycles. The number of nitrogens with two attached hydrogens (primary N) is 2. The third-order valence-corrected chi connectivity index (χ3v) is 7.77. The molecule has 5 rings (SSSR count). The van der Waals surface area contributed by atoms with Gasteiger partial charge in [0.1, 0.15) is 11.2 Å². The van der Waals surface area contributed by atoms with Gasteiger partial charge < -0.3 is 27.0 Å². The molecule has 8 nitrogen and oxygen atoms in total. The van der Waals surface area contributed by atoms with Gasteiger partial charge in [0.25, 0.3) is 5.91 Å². The number of carbonyl (C=O) groups is 1. The van der Waals surface area contributed by atoms with Crippen molar-refractivity contribution in [2.45, 2.75) is 74.7 Å². The zero-order valence-corrected chi connectivity index (χ0v) is 25.2. The van der Waals surface area contributed by atoms with Crippen LogP contribution in [-0.2, 0) is 0 Å². The van der Waals surface area contributed by atoms with E-state index in [9.17, 15) is 15.0 Å². The molecule has 0 bridgehead atoms. The van der Waals surface area contributed by atoms with E-state index in [4.69, 9.17) is 34.7 Å². The molecule has 2 saturated carbocycles. The average molecular weight is 621 g/mol. The highest BCUT2D eigenvalue weighted by atomic mass is 35.5. The molecule has 1 aromatic heterocycles. The van der Waals surface area contributed by atoms with Crippen molar-refractivity contribution in [3.8, 4) is 23.7 Å². The number of amides is 1. The zero-order chi connectivity index (χ0) is 30.9. The van der Waals surface area contributed by atoms with Crippen molar-refractivity contribution < 1.29 is 15.0 Å². The second kappa shape index (κ2) is 14.7. The van der Waals surface area contributed by atoms with Gasteiger partial charge >= 0.3 is 0 Å². The molecule has 0 saturated heterocycles. The SMILES string of the molecule is N[C@H]1CCC[C@@](O)(C#Cc2cccc(Cl)c2)C1.Nc1nccnc1C(=O)N[C@H]1CCC[C@@](O)(C#Cc2cccc(Cl)c2)C1. The molecule has 7 N–H and O–H groups in total. The van der Waals surface area contributed by atoms with Gasteiger partial charge in [-0.15, -0.1) is 0 Å². The smallest absolute Gasteiger partial charge is 0.273 e. The highest BCUT2D eigenvalue weighted by Gasteiger charge is 2.34. The maximum absolute atomic E-state index is 12.3. The Kier molecular flexibility index (Phi) is 11.0. The molecule has 10 heteroatoms. The van der Waals surface area contributed by atoms with Gasteiger partial charge in [-0.25, -0.2) is 9.97 Å². The lowest BCUT2D eigenvalue weighted by atomic mass is 9.82. The van der Waals surface area contributed by atoms with Crippen molar-refractivity contribution in [2.75, 3.05) is 5.73 Å². The Morgan fingerprint density at radius 1 is 0.884 bits per heavy atom. The fourth-order valence-electron chi connectivity index (χ4n) is 5.18. The number of nitrogens with zero attached hydrogens (tertiary/aromatic N) is 2. The van der Waals surface area contributed by atoms with E-state index in [-0.39, 0.29) is 23.6 Å². The summed E-state index contributed by atoms with van der Waals surface area (Å²) in [7, 11) is 0. The highest BCUT2D eigenvalue weighted by molar-refractivity contribution is 6.31. The van der Waals surface area contributed by atoms with E-state index in [2.05, 4.69) is 39.0 Å². The summed E-state index contributed by atoms with van der Waals surface area (Å²) in [6.07, 6.45) is 8.41. The molecule has 1 amide bonds. The summed E-state index contributed by atoms with van der Waals surface area (Å²) in [6.45, 7) is 0. The standard InChI is InChI=1S/C19H19ClN4O2.C14H16ClNO/c20-14-4-1-3-13(11-14)6-8-19(26)7-2-5-15(12-19)24-18(25)16-17(21)23-10-9-22-16;15-12-4-1-3-11(9-12)6-8-14(17)7-2-5-13(16)10-14/h1,3-4,9-11,15,26H,2,5,7,12H2,(H2,21,23)(H,24,25);1,3-4,9,13,17H,2,5,7,10,16H2/t15-,19+;13-,14+/m00/s1. The third kappa shape index (κ3) is 9.96. The number of halogens is 2. The summed E-state index contributed by atoms with van der Waals surface area (Å²) in [5.74, 6) is 11.5. The molecule has 2 aromatic carbocycles. The molecule has 43 heavy (non-hydrogen) atoms. The van der Waals surface area contributed by atoms with Crippen molar-refractivity contribution >= 4 is 34.9 Å². The van der Waals surface area contributed by atoms with Crippen LogP contribution in [0.5, 0.6) is 0 Å². The summed E-state index contributed by atoms with van der Waals surface area (Å²) < 4.78 is 0. The van der Waals surface area contributed by atoms with Crippen molar-refractivity contribution in [2.24, 2.45) is 5.73 Å². The van der Waals surface area contributed by atoms with Crippen molar-refractivity contribution in [3.63, 3.8) is 0 Å². The molecule has 0 aliphatic heterocycles. The minimum absolute atomic E-state index is 0.0578. The predicted molar refractivity (Wildman–Crippen MR) is 169 cm³/mol. The van der Waals surface area contributed by atoms with Crippen molar-refractivity contribution in [1.29, 1.82) is 0 Å². The number of nitrogen functional groups attached to an aromatic ring is 1. The Morgan fingerprint density at radius 3 is 2.00 bits per heavy atom. The largest absolute Gasteiger partial charge is 0.382 e. The highest BCUT2D eigenvalue weighted by Crippen LogP contribution is 2.29. The maximum Gasteiger partial charge on any atom is 0.273 e. The molecule has 0 spiro atoms. The summed E-state index contributed by atoms with van der Waals surface area (Å²) in [6, 6.07) is 14.3.